The molecule has 0 unspecified atom stereocenters. The zero-order valence-electron chi connectivity index (χ0n) is 29.5. The maximum atomic E-state index is 12.9. The van der Waals surface area contributed by atoms with Crippen molar-refractivity contribution >= 4 is 47.5 Å². The lowest BCUT2D eigenvalue weighted by Gasteiger charge is -2.49. The van der Waals surface area contributed by atoms with Gasteiger partial charge in [0.2, 0.25) is 0 Å². The van der Waals surface area contributed by atoms with Gasteiger partial charge in [-0.3, -0.25) is 24.0 Å². The molecule has 1 amide bonds. The van der Waals surface area contributed by atoms with Crippen LogP contribution in [-0.2, 0) is 61.9 Å². The van der Waals surface area contributed by atoms with E-state index < -0.39 is 84.0 Å². The summed E-state index contributed by atoms with van der Waals surface area (Å²) in [7, 11) is 1.17. The molecule has 2 saturated heterocycles. The molecule has 1 aromatic carbocycles. The zero-order chi connectivity index (χ0) is 37.1. The van der Waals surface area contributed by atoms with E-state index in [0.29, 0.717) is 12.0 Å². The van der Waals surface area contributed by atoms with Crippen LogP contribution >= 0.6 is 11.8 Å². The van der Waals surface area contributed by atoms with Crippen molar-refractivity contribution in [2.45, 2.75) is 109 Å². The van der Waals surface area contributed by atoms with Gasteiger partial charge in [-0.05, 0) is 24.5 Å². The summed E-state index contributed by atoms with van der Waals surface area (Å²) in [6, 6.07) is 7.05. The van der Waals surface area contributed by atoms with Crippen molar-refractivity contribution in [2.75, 3.05) is 19.5 Å². The van der Waals surface area contributed by atoms with Gasteiger partial charge in [0.1, 0.15) is 30.3 Å². The van der Waals surface area contributed by atoms with Gasteiger partial charge in [0.15, 0.2) is 24.6 Å². The van der Waals surface area contributed by atoms with Gasteiger partial charge in [-0.15, -0.1) is 11.8 Å². The lowest BCUT2D eigenvalue weighted by atomic mass is 9.82. The zero-order valence-corrected chi connectivity index (χ0v) is 30.3. The van der Waals surface area contributed by atoms with E-state index in [4.69, 9.17) is 37.9 Å². The largest absolute Gasteiger partial charge is 0.467 e. The predicted octanol–water partition coefficient (Wildman–Crippen LogP) is 2.57. The molecule has 0 saturated carbocycles. The van der Waals surface area contributed by atoms with Gasteiger partial charge in [0, 0.05) is 44.9 Å². The number of carbonyl (C=O) groups excluding carboxylic acids is 6. The van der Waals surface area contributed by atoms with Crippen molar-refractivity contribution in [3.8, 4) is 0 Å². The second kappa shape index (κ2) is 19.0. The van der Waals surface area contributed by atoms with E-state index in [2.05, 4.69) is 5.32 Å². The first-order chi connectivity index (χ1) is 23.7. The summed E-state index contributed by atoms with van der Waals surface area (Å²) in [5.74, 6) is -4.38. The van der Waals surface area contributed by atoms with E-state index >= 15 is 0 Å². The van der Waals surface area contributed by atoms with Crippen molar-refractivity contribution in [2.24, 2.45) is 11.8 Å². The molecule has 2 fully saturated rings. The van der Waals surface area contributed by atoms with E-state index in [1.807, 2.05) is 20.8 Å². The molecule has 15 nitrogen and oxygen atoms in total. The number of benzene rings is 1. The first kappa shape index (κ1) is 40.7. The normalized spacial score (nSPS) is 29.8. The Balaban J connectivity index is 2.00. The average Bonchev–Trinajstić information content (AvgIpc) is 3.06. The number of carbonyl (C=O) groups is 6. The maximum absolute atomic E-state index is 12.9. The summed E-state index contributed by atoms with van der Waals surface area (Å²) < 4.78 is 46.4. The van der Waals surface area contributed by atoms with Crippen LogP contribution < -0.4 is 5.32 Å². The second-order valence-corrected chi connectivity index (χ2v) is 13.2. The number of methoxy groups -OCH3 is 1. The Morgan fingerprint density at radius 1 is 0.780 bits per heavy atom. The third kappa shape index (κ3) is 11.1. The fourth-order valence-corrected chi connectivity index (χ4v) is 7.06. The minimum Gasteiger partial charge on any atom is -0.467 e. The van der Waals surface area contributed by atoms with Crippen LogP contribution in [0.1, 0.15) is 65.2 Å². The van der Waals surface area contributed by atoms with Gasteiger partial charge in [-0.2, -0.15) is 0 Å². The monoisotopic (exact) mass is 725 g/mol. The Hall–Kier alpha value is -3.73. The van der Waals surface area contributed by atoms with E-state index in [1.165, 1.54) is 21.0 Å². The minimum absolute atomic E-state index is 0.0207. The van der Waals surface area contributed by atoms with E-state index in [9.17, 15) is 28.8 Å². The van der Waals surface area contributed by atoms with Gasteiger partial charge in [0.05, 0.1) is 13.2 Å². The standard InChI is InChI=1S/C34H47NO14S/c1-9-25-17(2)18(3)27(44-20(5)37)33(47-25)49-28-26(15-43-19(4)36)48-34(30(46-22(7)39)29(28)45-21(6)38)50-16-24(32(41)42-8)35-31(40)23-13-11-10-12-14-23/h10-14,17-18,24-30,33-34H,9,15-16H2,1-8H3,(H,35,40)/t17-,18+,24+,25-,26-,27-,28-,29+,30-,33+,34-/m1/s1. The van der Waals surface area contributed by atoms with Crippen LogP contribution in [0.25, 0.3) is 0 Å². The smallest absolute Gasteiger partial charge is 0.329 e. The number of rotatable bonds is 14. The molecular formula is C34H47NO14S. The lowest BCUT2D eigenvalue weighted by molar-refractivity contribution is -0.324. The summed E-state index contributed by atoms with van der Waals surface area (Å²) in [5, 5.41) is 2.64. The van der Waals surface area contributed by atoms with Crippen molar-refractivity contribution in [1.29, 1.82) is 0 Å². The van der Waals surface area contributed by atoms with Gasteiger partial charge in [-0.25, -0.2) is 4.79 Å². The highest BCUT2D eigenvalue weighted by Crippen LogP contribution is 2.39. The lowest BCUT2D eigenvalue weighted by Crippen LogP contribution is -2.64. The Bertz CT molecular complexity index is 1340. The summed E-state index contributed by atoms with van der Waals surface area (Å²) in [5.41, 5.74) is -0.844. The fraction of sp³-hybridized carbons (Fsp3) is 0.647. The Morgan fingerprint density at radius 3 is 1.94 bits per heavy atom. The molecule has 50 heavy (non-hydrogen) atoms. The van der Waals surface area contributed by atoms with Crippen LogP contribution in [0.5, 0.6) is 0 Å². The maximum Gasteiger partial charge on any atom is 0.329 e. The highest BCUT2D eigenvalue weighted by atomic mass is 32.2. The van der Waals surface area contributed by atoms with E-state index in [1.54, 1.807) is 30.3 Å². The van der Waals surface area contributed by atoms with Gasteiger partial charge >= 0.3 is 29.8 Å². The topological polar surface area (TPSA) is 188 Å². The van der Waals surface area contributed by atoms with E-state index in [0.717, 1.165) is 25.6 Å². The van der Waals surface area contributed by atoms with Crippen molar-refractivity contribution in [1.82, 2.24) is 5.32 Å². The molecule has 1 N–H and O–H groups in total. The molecular weight excluding hydrogens is 678 g/mol. The number of hydrogen-bond donors (Lipinski definition) is 1. The van der Waals surface area contributed by atoms with Crippen LogP contribution in [0.15, 0.2) is 30.3 Å². The Labute approximate surface area is 295 Å². The highest BCUT2D eigenvalue weighted by Gasteiger charge is 2.54. The molecule has 3 rings (SSSR count). The highest BCUT2D eigenvalue weighted by molar-refractivity contribution is 7.99. The molecule has 0 radical (unpaired) electrons. The molecule has 2 heterocycles. The van der Waals surface area contributed by atoms with Gasteiger partial charge in [0.25, 0.3) is 5.91 Å². The Morgan fingerprint density at radius 2 is 1.38 bits per heavy atom. The second-order valence-electron chi connectivity index (χ2n) is 12.1. The predicted molar refractivity (Wildman–Crippen MR) is 176 cm³/mol. The van der Waals surface area contributed by atoms with E-state index in [-0.39, 0.29) is 30.3 Å². The quantitative estimate of drug-likeness (QED) is 0.218. The van der Waals surface area contributed by atoms with Crippen LogP contribution in [0, 0.1) is 11.8 Å². The third-order valence-corrected chi connectivity index (χ3v) is 9.64. The minimum atomic E-state index is -1.37. The third-order valence-electron chi connectivity index (χ3n) is 8.41. The average molecular weight is 726 g/mol. The molecule has 0 bridgehead atoms. The van der Waals surface area contributed by atoms with Crippen molar-refractivity contribution in [3.63, 3.8) is 0 Å². The number of ether oxygens (including phenoxy) is 8. The van der Waals surface area contributed by atoms with Gasteiger partial charge in [-0.1, -0.05) is 39.0 Å². The number of hydrogen-bond acceptors (Lipinski definition) is 15. The molecule has 278 valence electrons. The first-order valence-corrected chi connectivity index (χ1v) is 17.4. The molecule has 2 aliphatic rings. The molecule has 0 spiro atoms. The molecule has 0 aliphatic carbocycles. The number of amides is 1. The number of thioether (sulfide) groups is 1. The number of esters is 5. The molecule has 2 aliphatic heterocycles. The summed E-state index contributed by atoms with van der Waals surface area (Å²) >= 11 is 0.964. The van der Waals surface area contributed by atoms with Crippen LogP contribution in [0.4, 0.5) is 0 Å². The van der Waals surface area contributed by atoms with Crippen LogP contribution in [0.2, 0.25) is 0 Å². The fourth-order valence-electron chi connectivity index (χ4n) is 5.83. The van der Waals surface area contributed by atoms with Crippen LogP contribution in [0.3, 0.4) is 0 Å². The summed E-state index contributed by atoms with van der Waals surface area (Å²) in [4.78, 5) is 74.8. The summed E-state index contributed by atoms with van der Waals surface area (Å²) in [6.07, 6.45) is -6.88. The molecule has 0 aromatic heterocycles. The first-order valence-electron chi connectivity index (χ1n) is 16.3. The molecule has 1 aromatic rings. The molecule has 16 heteroatoms. The van der Waals surface area contributed by atoms with Gasteiger partial charge < -0.3 is 43.2 Å². The molecule has 11 atom stereocenters. The van der Waals surface area contributed by atoms with Crippen molar-refractivity contribution in [3.05, 3.63) is 35.9 Å². The SMILES string of the molecule is CC[C@H]1O[C@@H](O[C@H]2[C@H](OC(C)=O)[C@@H](OC(C)=O)[C@@H](SC[C@H](NC(=O)c3ccccc3)C(=O)OC)O[C@@H]2COC(C)=O)[C@H](OC(C)=O)[C@@H](C)[C@H]1C. The Kier molecular flexibility index (Phi) is 15.5. The van der Waals surface area contributed by atoms with Crippen molar-refractivity contribution < 1.29 is 66.7 Å². The number of nitrogens with one attached hydrogen (secondary N) is 1. The summed E-state index contributed by atoms with van der Waals surface area (Å²) in [6.45, 7) is 10.2. The van der Waals surface area contributed by atoms with Crippen LogP contribution in [-0.4, -0.2) is 110 Å².